The first kappa shape index (κ1) is 85.1. The summed E-state index contributed by atoms with van der Waals surface area (Å²) in [6.45, 7) is 27.6. The van der Waals surface area contributed by atoms with Gasteiger partial charge in [-0.15, -0.1) is 0 Å². The van der Waals surface area contributed by atoms with Gasteiger partial charge in [0.25, 0.3) is 5.91 Å². The maximum absolute atomic E-state index is 10.9. The number of carboxylic acids is 1. The molecule has 20 heteroatoms. The number of aliphatic hydroxyl groups excluding tert-OH is 1. The van der Waals surface area contributed by atoms with Gasteiger partial charge in [-0.1, -0.05) is 59.3 Å². The van der Waals surface area contributed by atoms with Crippen LogP contribution >= 0.6 is 0 Å². The van der Waals surface area contributed by atoms with Crippen LogP contribution in [0.2, 0.25) is 0 Å². The number of aliphatic carboxylic acids is 1. The molecule has 0 aromatic heterocycles. The molecule has 12 radical (unpaired) electrons. The second-order valence-electron chi connectivity index (χ2n) is 9.21. The van der Waals surface area contributed by atoms with Crippen molar-refractivity contribution in [3.8, 4) is 0 Å². The Kier molecular flexibility index (Phi) is 123. The van der Waals surface area contributed by atoms with Crippen molar-refractivity contribution in [3.63, 3.8) is 0 Å². The third kappa shape index (κ3) is 112. The molecule has 1 unspecified atom stereocenters. The number of carbonyl (C=O) groups excluding carboxylic acids is 5. The largest absolute Gasteiger partial charge is 0.503 e. The molecule has 0 aliphatic carbocycles. The predicted octanol–water partition coefficient (Wildman–Crippen LogP) is 2.15. The first-order valence-corrected chi connectivity index (χ1v) is 15.8. The van der Waals surface area contributed by atoms with Crippen LogP contribution in [0.25, 0.3) is 0 Å². The Bertz CT molecular complexity index is 748. The quantitative estimate of drug-likeness (QED) is 0.0442. The second-order valence-corrected chi connectivity index (χ2v) is 9.21. The van der Waals surface area contributed by atoms with Gasteiger partial charge in [0.1, 0.15) is 6.04 Å². The van der Waals surface area contributed by atoms with Crippen molar-refractivity contribution >= 4 is 60.9 Å². The van der Waals surface area contributed by atoms with Gasteiger partial charge in [0.15, 0.2) is 5.97 Å². The third-order valence-electron chi connectivity index (χ3n) is 4.66. The summed E-state index contributed by atoms with van der Waals surface area (Å²) in [4.78, 5) is 60.9. The van der Waals surface area contributed by atoms with Crippen molar-refractivity contribution in [2.24, 2.45) is 5.73 Å². The number of esters is 1. The van der Waals surface area contributed by atoms with Crippen molar-refractivity contribution in [2.75, 3.05) is 33.4 Å². The number of rotatable bonds is 14. The van der Waals surface area contributed by atoms with Crippen LogP contribution in [-0.2, 0) is 127 Å². The number of carboxylic acid groups (broad SMARTS) is 1. The summed E-state index contributed by atoms with van der Waals surface area (Å²) in [5.41, 5.74) is 5.00. The summed E-state index contributed by atoms with van der Waals surface area (Å²) in [5, 5.41) is 24.9. The summed E-state index contributed by atoms with van der Waals surface area (Å²) < 4.78 is 4.27. The molecule has 1 heterocycles. The zero-order valence-electron chi connectivity index (χ0n) is 32.9. The number of ether oxygens (including phenoxy) is 1. The second kappa shape index (κ2) is 76.6. The number of carbonyl (C=O) groups is 6. The van der Waals surface area contributed by atoms with E-state index in [-0.39, 0.29) is 148 Å². The molecule has 0 spiro atoms. The molecular weight excluding hydrogens is 910 g/mol. The van der Waals surface area contributed by atoms with Crippen LogP contribution in [0.3, 0.4) is 0 Å². The zero-order valence-corrected chi connectivity index (χ0v) is 41.4. The van der Waals surface area contributed by atoms with Gasteiger partial charge >= 0.3 is 12.0 Å². The summed E-state index contributed by atoms with van der Waals surface area (Å²) >= 11 is 0. The standard InChI is InChI=1S/C7H10N3O3.C5H10NO2.3C5H11.C4H9NO2.C2H3O2.3B.3Y/c1-4(11)8-3-2-5-6(12)10-7(13)9-5;1-5(8)6-3-2-4-7;3*1-3-5-4-2;1-7-4(6)2-3-5;1-2(3)4;;;;;;/h5H,1-3H2,(H,8,11)(H2,9,10,12,13);7H,1-4H2,(H,6,8);3*1,3-5H2,2H3;2-3,5H2,1H3;1H2,(H,3,4);;;;;;/q5*-1;;-1;;;;;;. The van der Waals surface area contributed by atoms with E-state index in [9.17, 15) is 24.0 Å². The molecule has 1 atom stereocenters. The van der Waals surface area contributed by atoms with Crippen molar-refractivity contribution in [1.82, 2.24) is 21.3 Å². The number of unbranched alkanes of at least 4 members (excludes halogenated alkanes) is 6. The maximum atomic E-state index is 10.9. The molecule has 0 saturated carbocycles. The topological polar surface area (TPSA) is 226 Å². The van der Waals surface area contributed by atoms with Crippen LogP contribution < -0.4 is 27.0 Å². The van der Waals surface area contributed by atoms with Gasteiger partial charge in [0.2, 0.25) is 0 Å². The Labute approximate surface area is 404 Å². The van der Waals surface area contributed by atoms with Crippen molar-refractivity contribution in [3.05, 3.63) is 41.5 Å². The minimum Gasteiger partial charge on any atom is -0.503 e. The molecular formula is C33H65B3N5O9Y3-6. The van der Waals surface area contributed by atoms with Crippen LogP contribution in [0.1, 0.15) is 97.8 Å². The number of amides is 5. The van der Waals surface area contributed by atoms with Crippen LogP contribution in [-0.4, -0.2) is 111 Å². The zero-order chi connectivity index (χ0) is 37.9. The van der Waals surface area contributed by atoms with Crippen molar-refractivity contribution in [1.29, 1.82) is 0 Å². The normalized spacial score (nSPS) is 10.3. The first-order chi connectivity index (χ1) is 22.1. The van der Waals surface area contributed by atoms with E-state index in [2.05, 4.69) is 88.3 Å². The molecule has 1 aliphatic heterocycles. The van der Waals surface area contributed by atoms with E-state index in [0.717, 1.165) is 19.3 Å². The van der Waals surface area contributed by atoms with E-state index >= 15 is 0 Å². The maximum Gasteiger partial charge on any atom is 0.322 e. The molecule has 53 heavy (non-hydrogen) atoms. The van der Waals surface area contributed by atoms with Gasteiger partial charge in [-0.2, -0.15) is 19.3 Å². The smallest absolute Gasteiger partial charge is 0.322 e. The molecule has 1 saturated heterocycles. The van der Waals surface area contributed by atoms with Crippen LogP contribution in [0.5, 0.6) is 0 Å². The Morgan fingerprint density at radius 3 is 1.32 bits per heavy atom. The molecule has 1 fully saturated rings. The average Bonchev–Trinajstić information content (AvgIpc) is 3.32. The minimum absolute atomic E-state index is 0. The van der Waals surface area contributed by atoms with E-state index < -0.39 is 23.9 Å². The summed E-state index contributed by atoms with van der Waals surface area (Å²) in [6, 6.07) is -1.03. The van der Waals surface area contributed by atoms with E-state index in [0.29, 0.717) is 38.9 Å². The molecule has 300 valence electrons. The van der Waals surface area contributed by atoms with Crippen LogP contribution in [0.4, 0.5) is 4.79 Å². The minimum atomic E-state index is -1.08. The van der Waals surface area contributed by atoms with Gasteiger partial charge in [-0.3, -0.25) is 26.6 Å². The molecule has 0 aromatic carbocycles. The number of methoxy groups -OCH3 is 1. The van der Waals surface area contributed by atoms with E-state index in [4.69, 9.17) is 20.7 Å². The predicted molar refractivity (Wildman–Crippen MR) is 204 cm³/mol. The third-order valence-corrected chi connectivity index (χ3v) is 4.66. The average molecular weight is 975 g/mol. The van der Waals surface area contributed by atoms with Crippen molar-refractivity contribution < 1.29 is 142 Å². The van der Waals surface area contributed by atoms with Crippen molar-refractivity contribution in [2.45, 2.75) is 104 Å². The summed E-state index contributed by atoms with van der Waals surface area (Å²) in [6.07, 6.45) is 12.2. The Morgan fingerprint density at radius 1 is 0.774 bits per heavy atom. The van der Waals surface area contributed by atoms with Gasteiger partial charge in [0, 0.05) is 150 Å². The van der Waals surface area contributed by atoms with Gasteiger partial charge in [0.05, 0.1) is 25.3 Å². The fourth-order valence-electron chi connectivity index (χ4n) is 2.29. The number of imide groups is 1. The molecule has 0 bridgehead atoms. The molecule has 1 rings (SSSR count). The molecule has 5 amide bonds. The van der Waals surface area contributed by atoms with E-state index in [1.54, 1.807) is 0 Å². The van der Waals surface area contributed by atoms with Gasteiger partial charge < -0.3 is 80.8 Å². The number of hydrogen-bond acceptors (Lipinski definition) is 9. The van der Waals surface area contributed by atoms with E-state index in [1.807, 2.05) is 0 Å². The number of nitrogens with one attached hydrogen (secondary N) is 4. The number of urea groups is 1. The molecule has 0 aromatic rings. The molecule has 1 aliphatic rings. The SMILES string of the molecule is COC(=O)CCN.[B].[B].[B].[CH2-]C(=O)NCCC1NC(=O)NC1=O.[CH2-]C(=O)NCCCO.[CH2-]C(=O)O.[CH2-]CCCC.[CH2-]CCCC.[CH2-]CCCC.[Y].[Y].[Y]. The number of hydrogen-bond donors (Lipinski definition) is 7. The Morgan fingerprint density at radius 2 is 1.13 bits per heavy atom. The monoisotopic (exact) mass is 975 g/mol. The summed E-state index contributed by atoms with van der Waals surface area (Å²) in [5.74, 6) is -2.38. The molecule has 14 nitrogen and oxygen atoms in total. The molecule has 8 N–H and O–H groups in total. The van der Waals surface area contributed by atoms with Gasteiger partial charge in [-0.25, -0.2) is 4.79 Å². The number of nitrogens with two attached hydrogens (primary N) is 1. The Hall–Kier alpha value is -0.144. The van der Waals surface area contributed by atoms with Crippen LogP contribution in [0.15, 0.2) is 0 Å². The van der Waals surface area contributed by atoms with Crippen LogP contribution in [0, 0.1) is 41.5 Å². The first-order valence-electron chi connectivity index (χ1n) is 15.8. The fourth-order valence-corrected chi connectivity index (χ4v) is 2.29. The fraction of sp³-hybridized carbons (Fsp3) is 0.636. The van der Waals surface area contributed by atoms with Gasteiger partial charge in [-0.05, 0) is 12.8 Å². The number of aliphatic hydroxyl groups is 1. The summed E-state index contributed by atoms with van der Waals surface area (Å²) in [7, 11) is 1.35. The van der Waals surface area contributed by atoms with E-state index in [1.165, 1.54) is 45.6 Å². The Balaban J connectivity index is -0.0000000378.